The summed E-state index contributed by atoms with van der Waals surface area (Å²) in [7, 11) is 0. The molecule has 138 valence electrons. The number of nitrogens with zero attached hydrogens (tertiary/aromatic N) is 1. The molecule has 0 fully saturated rings. The number of halogens is 2. The Kier molecular flexibility index (Phi) is 8.13. The van der Waals surface area contributed by atoms with Gasteiger partial charge in [0.25, 0.3) is 0 Å². The van der Waals surface area contributed by atoms with Crippen molar-refractivity contribution in [1.82, 2.24) is 4.90 Å². The van der Waals surface area contributed by atoms with Crippen LogP contribution in [0.15, 0.2) is 54.6 Å². The maximum atomic E-state index is 12.9. The standard InChI is InChI=1S/C20H21BrClNO3/c1-2-26-19(24)14-23(13-15-8-4-3-5-9-15)20(25)17(21)12-16-10-6-7-11-18(16)22/h3-11,17H,2,12-14H2,1H3. The molecular weight excluding hydrogens is 418 g/mol. The molecule has 0 aromatic heterocycles. The maximum absolute atomic E-state index is 12.9. The smallest absolute Gasteiger partial charge is 0.325 e. The van der Waals surface area contributed by atoms with Crippen LogP contribution >= 0.6 is 27.5 Å². The van der Waals surface area contributed by atoms with E-state index < -0.39 is 10.8 Å². The third kappa shape index (κ3) is 6.15. The molecule has 0 spiro atoms. The summed E-state index contributed by atoms with van der Waals surface area (Å²) in [5, 5.41) is 0.616. The summed E-state index contributed by atoms with van der Waals surface area (Å²) < 4.78 is 5.01. The van der Waals surface area contributed by atoms with Gasteiger partial charge in [0, 0.05) is 11.6 Å². The molecule has 0 aliphatic heterocycles. The lowest BCUT2D eigenvalue weighted by Crippen LogP contribution is -2.40. The van der Waals surface area contributed by atoms with Crippen LogP contribution in [-0.4, -0.2) is 34.8 Å². The molecule has 6 heteroatoms. The molecule has 4 nitrogen and oxygen atoms in total. The predicted octanol–water partition coefficient (Wildman–Crippen LogP) is 4.24. The van der Waals surface area contributed by atoms with Crippen molar-refractivity contribution >= 4 is 39.4 Å². The summed E-state index contributed by atoms with van der Waals surface area (Å²) >= 11 is 9.64. The van der Waals surface area contributed by atoms with Crippen LogP contribution in [0.25, 0.3) is 0 Å². The van der Waals surface area contributed by atoms with Crippen molar-refractivity contribution in [3.8, 4) is 0 Å². The van der Waals surface area contributed by atoms with E-state index in [1.165, 1.54) is 4.90 Å². The summed E-state index contributed by atoms with van der Waals surface area (Å²) in [6.45, 7) is 2.27. The highest BCUT2D eigenvalue weighted by Gasteiger charge is 2.25. The van der Waals surface area contributed by atoms with Crippen LogP contribution in [0.5, 0.6) is 0 Å². The van der Waals surface area contributed by atoms with Gasteiger partial charge in [-0.25, -0.2) is 0 Å². The van der Waals surface area contributed by atoms with E-state index in [0.29, 0.717) is 18.0 Å². The van der Waals surface area contributed by atoms with Crippen LogP contribution in [0.1, 0.15) is 18.1 Å². The van der Waals surface area contributed by atoms with Gasteiger partial charge >= 0.3 is 5.97 Å². The van der Waals surface area contributed by atoms with Crippen molar-refractivity contribution in [3.63, 3.8) is 0 Å². The lowest BCUT2D eigenvalue weighted by molar-refractivity contribution is -0.149. The minimum atomic E-state index is -0.486. The fraction of sp³-hybridized carbons (Fsp3) is 0.300. The Morgan fingerprint density at radius 2 is 1.77 bits per heavy atom. The topological polar surface area (TPSA) is 46.6 Å². The fourth-order valence-electron chi connectivity index (χ4n) is 2.52. The summed E-state index contributed by atoms with van der Waals surface area (Å²) in [6.07, 6.45) is 0.437. The molecule has 0 aliphatic rings. The van der Waals surface area contributed by atoms with Crippen molar-refractivity contribution < 1.29 is 14.3 Å². The number of carbonyl (C=O) groups excluding carboxylic acids is 2. The molecule has 0 N–H and O–H groups in total. The number of alkyl halides is 1. The van der Waals surface area contributed by atoms with Crippen LogP contribution in [0.4, 0.5) is 0 Å². The first-order valence-electron chi connectivity index (χ1n) is 8.37. The van der Waals surface area contributed by atoms with E-state index in [2.05, 4.69) is 15.9 Å². The third-order valence-electron chi connectivity index (χ3n) is 3.78. The number of ether oxygens (including phenoxy) is 1. The second-order valence-corrected chi connectivity index (χ2v) is 7.26. The maximum Gasteiger partial charge on any atom is 0.325 e. The van der Waals surface area contributed by atoms with Gasteiger partial charge in [-0.3, -0.25) is 9.59 Å². The summed E-state index contributed by atoms with van der Waals surface area (Å²) in [6, 6.07) is 17.0. The van der Waals surface area contributed by atoms with E-state index in [1.54, 1.807) is 13.0 Å². The highest BCUT2D eigenvalue weighted by atomic mass is 79.9. The zero-order chi connectivity index (χ0) is 18.9. The first-order valence-corrected chi connectivity index (χ1v) is 9.66. The zero-order valence-corrected chi connectivity index (χ0v) is 16.9. The normalized spacial score (nSPS) is 11.7. The Labute approximate surface area is 167 Å². The summed E-state index contributed by atoms with van der Waals surface area (Å²) in [5.74, 6) is -0.601. The van der Waals surface area contributed by atoms with Crippen molar-refractivity contribution in [2.24, 2.45) is 0 Å². The van der Waals surface area contributed by atoms with Gasteiger partial charge in [-0.15, -0.1) is 0 Å². The second-order valence-electron chi connectivity index (χ2n) is 5.75. The molecule has 2 aromatic carbocycles. The minimum Gasteiger partial charge on any atom is -0.465 e. The molecular formula is C20H21BrClNO3. The van der Waals surface area contributed by atoms with E-state index in [1.807, 2.05) is 48.5 Å². The Morgan fingerprint density at radius 3 is 2.42 bits per heavy atom. The molecule has 0 saturated heterocycles. The number of hydrogen-bond donors (Lipinski definition) is 0. The van der Waals surface area contributed by atoms with E-state index in [0.717, 1.165) is 11.1 Å². The van der Waals surface area contributed by atoms with Gasteiger partial charge in [0.2, 0.25) is 5.91 Å². The number of carbonyl (C=O) groups is 2. The molecule has 2 aromatic rings. The molecule has 0 radical (unpaired) electrons. The molecule has 1 unspecified atom stereocenters. The van der Waals surface area contributed by atoms with E-state index in [4.69, 9.17) is 16.3 Å². The molecule has 0 saturated carbocycles. The van der Waals surface area contributed by atoms with Gasteiger partial charge in [0.1, 0.15) is 6.54 Å². The SMILES string of the molecule is CCOC(=O)CN(Cc1ccccc1)C(=O)C(Br)Cc1ccccc1Cl. The average Bonchev–Trinajstić information content (AvgIpc) is 2.63. The molecule has 1 atom stereocenters. The van der Waals surface area contributed by atoms with Crippen LogP contribution in [-0.2, 0) is 27.3 Å². The first-order chi connectivity index (χ1) is 12.5. The molecule has 0 bridgehead atoms. The quantitative estimate of drug-likeness (QED) is 0.457. The Hall–Kier alpha value is -1.85. The molecule has 0 heterocycles. The number of esters is 1. The van der Waals surface area contributed by atoms with Gasteiger partial charge in [0.15, 0.2) is 0 Å². The molecule has 0 aliphatic carbocycles. The monoisotopic (exact) mass is 437 g/mol. The lowest BCUT2D eigenvalue weighted by atomic mass is 10.1. The van der Waals surface area contributed by atoms with Crippen molar-refractivity contribution in [3.05, 3.63) is 70.7 Å². The van der Waals surface area contributed by atoms with Gasteiger partial charge < -0.3 is 9.64 Å². The van der Waals surface area contributed by atoms with Crippen LogP contribution in [0.2, 0.25) is 5.02 Å². The molecule has 2 rings (SSSR count). The Morgan fingerprint density at radius 1 is 1.12 bits per heavy atom. The van der Waals surface area contributed by atoms with Crippen LogP contribution < -0.4 is 0 Å². The third-order valence-corrected chi connectivity index (χ3v) is 4.86. The Balaban J connectivity index is 2.12. The van der Waals surface area contributed by atoms with E-state index in [9.17, 15) is 9.59 Å². The van der Waals surface area contributed by atoms with E-state index >= 15 is 0 Å². The average molecular weight is 439 g/mol. The predicted molar refractivity (Wildman–Crippen MR) is 106 cm³/mol. The number of benzene rings is 2. The highest BCUT2D eigenvalue weighted by molar-refractivity contribution is 9.10. The van der Waals surface area contributed by atoms with Crippen molar-refractivity contribution in [2.45, 2.75) is 24.7 Å². The van der Waals surface area contributed by atoms with Crippen LogP contribution in [0, 0.1) is 0 Å². The summed E-state index contributed by atoms with van der Waals surface area (Å²) in [4.78, 5) is 25.9. The first kappa shape index (κ1) is 20.5. The van der Waals surface area contributed by atoms with E-state index in [-0.39, 0.29) is 19.1 Å². The number of hydrogen-bond acceptors (Lipinski definition) is 3. The minimum absolute atomic E-state index is 0.0911. The number of rotatable bonds is 8. The largest absolute Gasteiger partial charge is 0.465 e. The van der Waals surface area contributed by atoms with Gasteiger partial charge in [-0.1, -0.05) is 76.1 Å². The zero-order valence-electron chi connectivity index (χ0n) is 14.5. The van der Waals surface area contributed by atoms with Gasteiger partial charge in [-0.2, -0.15) is 0 Å². The van der Waals surface area contributed by atoms with Crippen LogP contribution in [0.3, 0.4) is 0 Å². The van der Waals surface area contributed by atoms with Crippen molar-refractivity contribution in [2.75, 3.05) is 13.2 Å². The molecule has 1 amide bonds. The number of amides is 1. The van der Waals surface area contributed by atoms with Crippen molar-refractivity contribution in [1.29, 1.82) is 0 Å². The molecule has 26 heavy (non-hydrogen) atoms. The fourth-order valence-corrected chi connectivity index (χ4v) is 3.37. The van der Waals surface area contributed by atoms with Gasteiger partial charge in [-0.05, 0) is 30.5 Å². The lowest BCUT2D eigenvalue weighted by Gasteiger charge is -2.24. The van der Waals surface area contributed by atoms with Gasteiger partial charge in [0.05, 0.1) is 11.4 Å². The Bertz CT molecular complexity index is 739. The second kappa shape index (κ2) is 10.3. The summed E-state index contributed by atoms with van der Waals surface area (Å²) in [5.41, 5.74) is 1.82. The highest BCUT2D eigenvalue weighted by Crippen LogP contribution is 2.21.